The first-order valence-electron chi connectivity index (χ1n) is 5.38. The fourth-order valence-corrected chi connectivity index (χ4v) is 2.46. The number of hydrogen-bond donors (Lipinski definition) is 1. The van der Waals surface area contributed by atoms with Gasteiger partial charge in [-0.2, -0.15) is 11.3 Å². The Kier molecular flexibility index (Phi) is 4.57. The van der Waals surface area contributed by atoms with Gasteiger partial charge in [0.2, 0.25) is 0 Å². The average molecular weight is 268 g/mol. The molecule has 1 aromatic heterocycles. The molecular weight excluding hydrogens is 254 g/mol. The van der Waals surface area contributed by atoms with Gasteiger partial charge >= 0.3 is 0 Å². The van der Waals surface area contributed by atoms with Crippen molar-refractivity contribution in [3.8, 4) is 0 Å². The summed E-state index contributed by atoms with van der Waals surface area (Å²) in [6.45, 7) is 0.957. The molecule has 1 unspecified atom stereocenters. The Morgan fingerprint density at radius 2 is 2.12 bits per heavy atom. The molecule has 0 saturated heterocycles. The maximum absolute atomic E-state index is 6.07. The number of rotatable bonds is 5. The number of benzene rings is 1. The third-order valence-corrected chi connectivity index (χ3v) is 3.60. The van der Waals surface area contributed by atoms with Crippen molar-refractivity contribution in [1.82, 2.24) is 0 Å². The van der Waals surface area contributed by atoms with Gasteiger partial charge in [0.05, 0.1) is 12.7 Å². The van der Waals surface area contributed by atoms with Crippen molar-refractivity contribution >= 4 is 22.9 Å². The maximum atomic E-state index is 6.07. The van der Waals surface area contributed by atoms with Gasteiger partial charge in [0.25, 0.3) is 0 Å². The molecule has 0 fully saturated rings. The molecule has 1 heterocycles. The first-order valence-corrected chi connectivity index (χ1v) is 6.70. The standard InChI is InChI=1S/C13H14ClNOS/c14-12-4-2-1-3-10(12)8-16-13(7-15)11-5-6-17-9-11/h1-6,9,13H,7-8,15H2. The molecule has 0 aliphatic rings. The molecule has 0 bridgehead atoms. The SMILES string of the molecule is NCC(OCc1ccccc1Cl)c1ccsc1. The highest BCUT2D eigenvalue weighted by Gasteiger charge is 2.11. The molecule has 90 valence electrons. The summed E-state index contributed by atoms with van der Waals surface area (Å²) in [7, 11) is 0. The van der Waals surface area contributed by atoms with E-state index in [1.807, 2.05) is 35.7 Å². The lowest BCUT2D eigenvalue weighted by Gasteiger charge is -2.15. The second-order valence-electron chi connectivity index (χ2n) is 3.68. The molecule has 2 rings (SSSR count). The Balaban J connectivity index is 2.00. The first kappa shape index (κ1) is 12.6. The zero-order valence-corrected chi connectivity index (χ0v) is 10.9. The highest BCUT2D eigenvalue weighted by atomic mass is 35.5. The van der Waals surface area contributed by atoms with Gasteiger partial charge in [-0.3, -0.25) is 0 Å². The molecule has 0 aliphatic heterocycles. The third kappa shape index (κ3) is 3.30. The van der Waals surface area contributed by atoms with Gasteiger partial charge < -0.3 is 10.5 Å². The van der Waals surface area contributed by atoms with Gasteiger partial charge in [-0.15, -0.1) is 0 Å². The molecule has 4 heteroatoms. The smallest absolute Gasteiger partial charge is 0.0959 e. The molecule has 2 aromatic rings. The van der Waals surface area contributed by atoms with Crippen molar-refractivity contribution < 1.29 is 4.74 Å². The second-order valence-corrected chi connectivity index (χ2v) is 4.87. The van der Waals surface area contributed by atoms with Crippen molar-refractivity contribution in [2.24, 2.45) is 5.73 Å². The van der Waals surface area contributed by atoms with Crippen molar-refractivity contribution in [2.45, 2.75) is 12.7 Å². The van der Waals surface area contributed by atoms with E-state index in [0.29, 0.717) is 13.2 Å². The quantitative estimate of drug-likeness (QED) is 0.898. The molecule has 2 N–H and O–H groups in total. The van der Waals surface area contributed by atoms with Crippen LogP contribution in [0.25, 0.3) is 0 Å². The maximum Gasteiger partial charge on any atom is 0.0959 e. The summed E-state index contributed by atoms with van der Waals surface area (Å²) < 4.78 is 5.80. The summed E-state index contributed by atoms with van der Waals surface area (Å²) in [6.07, 6.45) is -0.0578. The molecule has 0 aliphatic carbocycles. The van der Waals surface area contributed by atoms with E-state index >= 15 is 0 Å². The van der Waals surface area contributed by atoms with E-state index in [9.17, 15) is 0 Å². The second kappa shape index (κ2) is 6.17. The topological polar surface area (TPSA) is 35.2 Å². The van der Waals surface area contributed by atoms with Crippen molar-refractivity contribution in [2.75, 3.05) is 6.54 Å². The van der Waals surface area contributed by atoms with E-state index in [-0.39, 0.29) is 6.10 Å². The number of nitrogens with two attached hydrogens (primary N) is 1. The molecule has 0 radical (unpaired) electrons. The minimum Gasteiger partial charge on any atom is -0.367 e. The summed E-state index contributed by atoms with van der Waals surface area (Å²) >= 11 is 7.71. The molecule has 0 spiro atoms. The predicted octanol–water partition coefficient (Wildman–Crippen LogP) is 3.62. The van der Waals surface area contributed by atoms with Crippen LogP contribution in [0.2, 0.25) is 5.02 Å². The average Bonchev–Trinajstić information content (AvgIpc) is 2.86. The number of halogens is 1. The van der Waals surface area contributed by atoms with Gasteiger partial charge in [0.1, 0.15) is 0 Å². The van der Waals surface area contributed by atoms with Crippen LogP contribution in [0.5, 0.6) is 0 Å². The zero-order chi connectivity index (χ0) is 12.1. The van der Waals surface area contributed by atoms with E-state index < -0.39 is 0 Å². The molecule has 17 heavy (non-hydrogen) atoms. The molecule has 2 nitrogen and oxygen atoms in total. The Labute approximate surface area is 110 Å². The highest BCUT2D eigenvalue weighted by Crippen LogP contribution is 2.22. The van der Waals surface area contributed by atoms with E-state index in [2.05, 4.69) is 5.38 Å². The molecule has 0 amide bonds. The Hall–Kier alpha value is -0.870. The normalized spacial score (nSPS) is 12.6. The summed E-state index contributed by atoms with van der Waals surface area (Å²) in [6, 6.07) is 9.72. The minimum absolute atomic E-state index is 0.0578. The van der Waals surface area contributed by atoms with Gasteiger partial charge in [0.15, 0.2) is 0 Å². The lowest BCUT2D eigenvalue weighted by atomic mass is 10.2. The zero-order valence-electron chi connectivity index (χ0n) is 9.30. The molecule has 1 aromatic carbocycles. The number of thiophene rings is 1. The third-order valence-electron chi connectivity index (χ3n) is 2.53. The molecule has 1 atom stereocenters. The summed E-state index contributed by atoms with van der Waals surface area (Å²) in [4.78, 5) is 0. The number of ether oxygens (including phenoxy) is 1. The lowest BCUT2D eigenvalue weighted by Crippen LogP contribution is -2.15. The van der Waals surface area contributed by atoms with E-state index in [1.165, 1.54) is 0 Å². The van der Waals surface area contributed by atoms with Crippen LogP contribution < -0.4 is 5.73 Å². The highest BCUT2D eigenvalue weighted by molar-refractivity contribution is 7.07. The fraction of sp³-hybridized carbons (Fsp3) is 0.231. The largest absolute Gasteiger partial charge is 0.367 e. The van der Waals surface area contributed by atoms with Crippen LogP contribution in [0.15, 0.2) is 41.1 Å². The Bertz CT molecular complexity index is 458. The van der Waals surface area contributed by atoms with E-state index in [1.54, 1.807) is 11.3 Å². The Morgan fingerprint density at radius 1 is 1.29 bits per heavy atom. The monoisotopic (exact) mass is 267 g/mol. The first-order chi connectivity index (χ1) is 8.31. The van der Waals surface area contributed by atoms with Gasteiger partial charge in [-0.05, 0) is 34.0 Å². The van der Waals surface area contributed by atoms with Crippen molar-refractivity contribution in [1.29, 1.82) is 0 Å². The van der Waals surface area contributed by atoms with Gasteiger partial charge in [0, 0.05) is 11.6 Å². The minimum atomic E-state index is -0.0578. The summed E-state index contributed by atoms with van der Waals surface area (Å²) in [5.41, 5.74) is 7.83. The van der Waals surface area contributed by atoms with E-state index in [0.717, 1.165) is 16.1 Å². The lowest BCUT2D eigenvalue weighted by molar-refractivity contribution is 0.0460. The van der Waals surface area contributed by atoms with Crippen LogP contribution in [0.4, 0.5) is 0 Å². The van der Waals surface area contributed by atoms with E-state index in [4.69, 9.17) is 22.1 Å². The van der Waals surface area contributed by atoms with Gasteiger partial charge in [-0.25, -0.2) is 0 Å². The summed E-state index contributed by atoms with van der Waals surface area (Å²) in [5, 5.41) is 4.81. The van der Waals surface area contributed by atoms with Crippen LogP contribution in [-0.2, 0) is 11.3 Å². The van der Waals surface area contributed by atoms with Crippen LogP contribution >= 0.6 is 22.9 Å². The summed E-state index contributed by atoms with van der Waals surface area (Å²) in [5.74, 6) is 0. The van der Waals surface area contributed by atoms with Crippen LogP contribution in [0.3, 0.4) is 0 Å². The Morgan fingerprint density at radius 3 is 2.76 bits per heavy atom. The molecular formula is C13H14ClNOS. The number of hydrogen-bond acceptors (Lipinski definition) is 3. The predicted molar refractivity (Wildman–Crippen MR) is 72.4 cm³/mol. The van der Waals surface area contributed by atoms with Crippen LogP contribution in [0, 0.1) is 0 Å². The molecule has 0 saturated carbocycles. The van der Waals surface area contributed by atoms with Crippen molar-refractivity contribution in [3.05, 3.63) is 57.2 Å². The fourth-order valence-electron chi connectivity index (χ4n) is 1.56. The van der Waals surface area contributed by atoms with Crippen molar-refractivity contribution in [3.63, 3.8) is 0 Å². The van der Waals surface area contributed by atoms with Gasteiger partial charge in [-0.1, -0.05) is 29.8 Å². The van der Waals surface area contributed by atoms with Crippen LogP contribution in [-0.4, -0.2) is 6.54 Å². The van der Waals surface area contributed by atoms with Crippen LogP contribution in [0.1, 0.15) is 17.2 Å².